The summed E-state index contributed by atoms with van der Waals surface area (Å²) < 4.78 is 11.4. The molecule has 0 saturated carbocycles. The Hall–Kier alpha value is -1.73. The molecule has 1 atom stereocenters. The van der Waals surface area contributed by atoms with Gasteiger partial charge in [-0.05, 0) is 56.6 Å². The van der Waals surface area contributed by atoms with Crippen LogP contribution in [0.3, 0.4) is 0 Å². The van der Waals surface area contributed by atoms with Crippen molar-refractivity contribution in [1.29, 1.82) is 0 Å². The van der Waals surface area contributed by atoms with Crippen LogP contribution in [0.4, 0.5) is 0 Å². The summed E-state index contributed by atoms with van der Waals surface area (Å²) in [6.45, 7) is 5.55. The predicted molar refractivity (Wildman–Crippen MR) is 127 cm³/mol. The first-order chi connectivity index (χ1) is 15.0. The monoisotopic (exact) mass is 462 g/mol. The van der Waals surface area contributed by atoms with E-state index in [-0.39, 0.29) is 11.2 Å². The van der Waals surface area contributed by atoms with Crippen LogP contribution in [0.15, 0.2) is 53.4 Å². The lowest BCUT2D eigenvalue weighted by Gasteiger charge is -2.31. The van der Waals surface area contributed by atoms with Crippen molar-refractivity contribution in [1.82, 2.24) is 10.2 Å². The minimum absolute atomic E-state index is 0.0191. The van der Waals surface area contributed by atoms with Gasteiger partial charge in [-0.15, -0.1) is 11.8 Å². The topological polar surface area (TPSA) is 50.8 Å². The van der Waals surface area contributed by atoms with E-state index >= 15 is 0 Å². The molecule has 5 nitrogen and oxygen atoms in total. The Morgan fingerprint density at radius 2 is 2.03 bits per heavy atom. The molecule has 1 fully saturated rings. The summed E-state index contributed by atoms with van der Waals surface area (Å²) in [5, 5.41) is 3.43. The van der Waals surface area contributed by atoms with Crippen molar-refractivity contribution in [3.63, 3.8) is 0 Å². The first-order valence-corrected chi connectivity index (χ1v) is 12.0. The average Bonchev–Trinajstić information content (AvgIpc) is 2.79. The molecule has 1 aliphatic rings. The molecule has 31 heavy (non-hydrogen) atoms. The third-order valence-corrected chi connectivity index (χ3v) is 7.02. The van der Waals surface area contributed by atoms with Gasteiger partial charge in [0.15, 0.2) is 0 Å². The molecule has 0 bridgehead atoms. The van der Waals surface area contributed by atoms with Crippen LogP contribution in [0.5, 0.6) is 5.75 Å². The van der Waals surface area contributed by atoms with Crippen molar-refractivity contribution < 1.29 is 14.3 Å². The second-order valence-corrected chi connectivity index (χ2v) is 9.52. The molecule has 1 amide bonds. The number of rotatable bonds is 10. The number of amides is 1. The van der Waals surface area contributed by atoms with Crippen LogP contribution in [0.25, 0.3) is 0 Å². The van der Waals surface area contributed by atoms with Gasteiger partial charge in [0, 0.05) is 37.2 Å². The number of ether oxygens (including phenoxy) is 2. The van der Waals surface area contributed by atoms with Gasteiger partial charge in [-0.3, -0.25) is 9.69 Å². The minimum Gasteiger partial charge on any atom is -0.492 e. The summed E-state index contributed by atoms with van der Waals surface area (Å²) in [5.74, 6) is 0.806. The van der Waals surface area contributed by atoms with Crippen LogP contribution < -0.4 is 10.1 Å². The number of nitrogens with zero attached hydrogens (tertiary/aromatic N) is 1. The van der Waals surface area contributed by atoms with Gasteiger partial charge in [-0.1, -0.05) is 35.9 Å². The van der Waals surface area contributed by atoms with Gasteiger partial charge >= 0.3 is 0 Å². The number of halogens is 1. The zero-order valence-corrected chi connectivity index (χ0v) is 19.8. The Bertz CT molecular complexity index is 845. The molecular formula is C24H31ClN2O3S. The SMILES string of the molecule is CC(Sc1ccccc1Cl)C(=O)NCc1cccc(OCCN(C)C2CCOCC2)c1. The summed E-state index contributed by atoms with van der Waals surface area (Å²) in [7, 11) is 2.15. The molecule has 0 aliphatic carbocycles. The summed E-state index contributed by atoms with van der Waals surface area (Å²) >= 11 is 7.65. The van der Waals surface area contributed by atoms with Crippen molar-refractivity contribution in [3.8, 4) is 5.75 Å². The highest BCUT2D eigenvalue weighted by Gasteiger charge is 2.18. The third kappa shape index (κ3) is 7.72. The van der Waals surface area contributed by atoms with E-state index in [1.807, 2.05) is 55.5 Å². The first kappa shape index (κ1) is 23.9. The fourth-order valence-electron chi connectivity index (χ4n) is 3.48. The number of benzene rings is 2. The smallest absolute Gasteiger partial charge is 0.233 e. The van der Waals surface area contributed by atoms with E-state index in [0.29, 0.717) is 24.2 Å². The molecule has 2 aromatic rings. The zero-order valence-electron chi connectivity index (χ0n) is 18.2. The maximum atomic E-state index is 12.5. The Morgan fingerprint density at radius 1 is 1.26 bits per heavy atom. The molecule has 1 saturated heterocycles. The molecule has 1 aliphatic heterocycles. The fourth-order valence-corrected chi connectivity index (χ4v) is 4.66. The first-order valence-electron chi connectivity index (χ1n) is 10.7. The molecule has 0 spiro atoms. The van der Waals surface area contributed by atoms with Crippen LogP contribution in [-0.4, -0.2) is 55.5 Å². The van der Waals surface area contributed by atoms with Gasteiger partial charge in [0.2, 0.25) is 5.91 Å². The molecule has 3 rings (SSSR count). The third-order valence-electron chi connectivity index (χ3n) is 5.40. The molecule has 168 valence electrons. The van der Waals surface area contributed by atoms with Crippen molar-refractivity contribution in [2.75, 3.05) is 33.4 Å². The van der Waals surface area contributed by atoms with E-state index in [1.54, 1.807) is 0 Å². The van der Waals surface area contributed by atoms with Crippen LogP contribution in [0.2, 0.25) is 5.02 Å². The fraction of sp³-hybridized carbons (Fsp3) is 0.458. The van der Waals surface area contributed by atoms with E-state index < -0.39 is 0 Å². The van der Waals surface area contributed by atoms with E-state index in [2.05, 4.69) is 17.3 Å². The molecule has 0 aromatic heterocycles. The normalized spacial score (nSPS) is 15.6. The summed E-state index contributed by atoms with van der Waals surface area (Å²) in [5.41, 5.74) is 1.01. The highest BCUT2D eigenvalue weighted by molar-refractivity contribution is 8.00. The molecule has 2 aromatic carbocycles. The van der Waals surface area contributed by atoms with Gasteiger partial charge in [0.1, 0.15) is 12.4 Å². The quantitative estimate of drug-likeness (QED) is 0.522. The van der Waals surface area contributed by atoms with Gasteiger partial charge in [-0.2, -0.15) is 0 Å². The number of carbonyl (C=O) groups is 1. The second-order valence-electron chi connectivity index (χ2n) is 7.73. The lowest BCUT2D eigenvalue weighted by atomic mass is 10.1. The Labute approximate surface area is 194 Å². The van der Waals surface area contributed by atoms with Crippen LogP contribution in [-0.2, 0) is 16.1 Å². The lowest BCUT2D eigenvalue weighted by molar-refractivity contribution is -0.120. The molecular weight excluding hydrogens is 432 g/mol. The highest BCUT2D eigenvalue weighted by Crippen LogP contribution is 2.30. The lowest BCUT2D eigenvalue weighted by Crippen LogP contribution is -2.38. The Balaban J connectivity index is 1.42. The molecule has 1 unspecified atom stereocenters. The van der Waals surface area contributed by atoms with E-state index in [9.17, 15) is 4.79 Å². The molecule has 7 heteroatoms. The van der Waals surface area contributed by atoms with E-state index in [4.69, 9.17) is 21.1 Å². The average molecular weight is 463 g/mol. The van der Waals surface area contributed by atoms with Crippen molar-refractivity contribution in [3.05, 3.63) is 59.1 Å². The maximum Gasteiger partial charge on any atom is 0.233 e. The van der Waals surface area contributed by atoms with Crippen LogP contribution in [0.1, 0.15) is 25.3 Å². The number of nitrogens with one attached hydrogen (secondary N) is 1. The number of hydrogen-bond acceptors (Lipinski definition) is 5. The number of hydrogen-bond donors (Lipinski definition) is 1. The molecule has 1 N–H and O–H groups in total. The van der Waals surface area contributed by atoms with Crippen molar-refractivity contribution >= 4 is 29.3 Å². The minimum atomic E-state index is -0.236. The zero-order chi connectivity index (χ0) is 22.1. The van der Waals surface area contributed by atoms with Gasteiger partial charge in [0.25, 0.3) is 0 Å². The van der Waals surface area contributed by atoms with Gasteiger partial charge < -0.3 is 14.8 Å². The standard InChI is InChI=1S/C24H31ClN2O3S/c1-18(31-23-9-4-3-8-22(23)25)24(28)26-17-19-6-5-7-21(16-19)30-15-12-27(2)20-10-13-29-14-11-20/h3-9,16,18,20H,10-15,17H2,1-2H3,(H,26,28). The number of likely N-dealkylation sites (N-methyl/N-ethyl adjacent to an activating group) is 1. The summed E-state index contributed by atoms with van der Waals surface area (Å²) in [4.78, 5) is 15.8. The Morgan fingerprint density at radius 3 is 2.81 bits per heavy atom. The van der Waals surface area contributed by atoms with E-state index in [1.165, 1.54) is 11.8 Å². The highest BCUT2D eigenvalue weighted by atomic mass is 35.5. The van der Waals surface area contributed by atoms with Gasteiger partial charge in [-0.25, -0.2) is 0 Å². The molecule has 0 radical (unpaired) electrons. The predicted octanol–water partition coefficient (Wildman–Crippen LogP) is 4.63. The summed E-state index contributed by atoms with van der Waals surface area (Å²) in [6.07, 6.45) is 2.16. The number of carbonyl (C=O) groups excluding carboxylic acids is 1. The largest absolute Gasteiger partial charge is 0.492 e. The van der Waals surface area contributed by atoms with Crippen molar-refractivity contribution in [2.24, 2.45) is 0 Å². The second kappa shape index (κ2) is 12.3. The Kier molecular flexibility index (Phi) is 9.53. The maximum absolute atomic E-state index is 12.5. The van der Waals surface area contributed by atoms with Crippen LogP contribution in [0, 0.1) is 0 Å². The van der Waals surface area contributed by atoms with Crippen molar-refractivity contribution in [2.45, 2.75) is 42.5 Å². The van der Waals surface area contributed by atoms with E-state index in [0.717, 1.165) is 48.8 Å². The number of thioether (sulfide) groups is 1. The summed E-state index contributed by atoms with van der Waals surface area (Å²) in [6, 6.07) is 16.0. The molecule has 1 heterocycles. The van der Waals surface area contributed by atoms with Crippen LogP contribution >= 0.6 is 23.4 Å². The van der Waals surface area contributed by atoms with Gasteiger partial charge in [0.05, 0.1) is 10.3 Å².